The number of carbonyl (C=O) groups excluding carboxylic acids is 2. The van der Waals surface area contributed by atoms with E-state index in [1.807, 2.05) is 24.3 Å². The van der Waals surface area contributed by atoms with E-state index < -0.39 is 40.0 Å². The minimum Gasteiger partial charge on any atom is -0.460 e. The Bertz CT molecular complexity index is 1390. The first-order valence-electron chi connectivity index (χ1n) is 12.2. The van der Waals surface area contributed by atoms with Gasteiger partial charge in [0.25, 0.3) is 0 Å². The molecule has 3 aromatic rings. The van der Waals surface area contributed by atoms with Crippen LogP contribution in [0.15, 0.2) is 51.9 Å². The molecule has 1 heterocycles. The average molecular weight is 529 g/mol. The predicted octanol–water partition coefficient (Wildman–Crippen LogP) is 3.14. The summed E-state index contributed by atoms with van der Waals surface area (Å²) in [6.07, 6.45) is 1.50. The maximum absolute atomic E-state index is 13.7. The van der Waals surface area contributed by atoms with Crippen LogP contribution in [0.1, 0.15) is 51.7 Å². The van der Waals surface area contributed by atoms with Crippen LogP contribution in [-0.2, 0) is 30.8 Å². The second-order valence-corrected chi connectivity index (χ2v) is 11.9. The summed E-state index contributed by atoms with van der Waals surface area (Å²) in [5, 5.41) is 5.51. The molecule has 37 heavy (non-hydrogen) atoms. The normalized spacial score (nSPS) is 14.9. The lowest BCUT2D eigenvalue weighted by atomic mass is 10.1. The van der Waals surface area contributed by atoms with E-state index in [-0.39, 0.29) is 17.5 Å². The van der Waals surface area contributed by atoms with Gasteiger partial charge in [-0.15, -0.1) is 0 Å². The topological polar surface area (TPSA) is 132 Å². The van der Waals surface area contributed by atoms with E-state index in [9.17, 15) is 18.0 Å². The van der Waals surface area contributed by atoms with Crippen LogP contribution in [0.4, 0.5) is 0 Å². The fourth-order valence-corrected chi connectivity index (χ4v) is 5.27. The number of hydrogen-bond acceptors (Lipinski definition) is 8. The van der Waals surface area contributed by atoms with Gasteiger partial charge >= 0.3 is 5.97 Å². The summed E-state index contributed by atoms with van der Waals surface area (Å²) in [5.74, 6) is -0.281. The number of esters is 1. The van der Waals surface area contributed by atoms with E-state index in [0.717, 1.165) is 23.6 Å². The summed E-state index contributed by atoms with van der Waals surface area (Å²) in [5.41, 5.74) is -0.783. The molecule has 0 saturated heterocycles. The van der Waals surface area contributed by atoms with Gasteiger partial charge in [-0.3, -0.25) is 9.59 Å². The van der Waals surface area contributed by atoms with Gasteiger partial charge in [0, 0.05) is 25.9 Å². The molecular formula is C26H32N4O6S. The van der Waals surface area contributed by atoms with Crippen LogP contribution >= 0.6 is 0 Å². The number of carbonyl (C=O) groups is 2. The Hall–Kier alpha value is -3.31. The lowest BCUT2D eigenvalue weighted by Crippen LogP contribution is -2.51. The molecule has 1 atom stereocenters. The van der Waals surface area contributed by atoms with E-state index in [4.69, 9.17) is 9.26 Å². The van der Waals surface area contributed by atoms with Gasteiger partial charge in [-0.25, -0.2) is 8.42 Å². The zero-order valence-corrected chi connectivity index (χ0v) is 22.2. The first kappa shape index (κ1) is 26.7. The molecule has 0 radical (unpaired) electrons. The van der Waals surface area contributed by atoms with Crippen molar-refractivity contribution < 1.29 is 27.3 Å². The zero-order chi connectivity index (χ0) is 26.8. The van der Waals surface area contributed by atoms with Crippen molar-refractivity contribution >= 4 is 32.7 Å². The Morgan fingerprint density at radius 1 is 1.16 bits per heavy atom. The number of benzene rings is 2. The lowest BCUT2D eigenvalue weighted by Gasteiger charge is -2.28. The van der Waals surface area contributed by atoms with Crippen molar-refractivity contribution in [3.05, 3.63) is 54.2 Å². The molecule has 4 rings (SSSR count). The van der Waals surface area contributed by atoms with Crippen molar-refractivity contribution in [2.75, 3.05) is 6.54 Å². The zero-order valence-electron chi connectivity index (χ0n) is 21.4. The third kappa shape index (κ3) is 7.14. The highest BCUT2D eigenvalue weighted by atomic mass is 32.2. The molecule has 0 spiro atoms. The monoisotopic (exact) mass is 528 g/mol. The fourth-order valence-electron chi connectivity index (χ4n) is 4.04. The van der Waals surface area contributed by atoms with Crippen molar-refractivity contribution in [2.24, 2.45) is 0 Å². The summed E-state index contributed by atoms with van der Waals surface area (Å²) in [4.78, 5) is 32.2. The largest absolute Gasteiger partial charge is 0.460 e. The summed E-state index contributed by atoms with van der Waals surface area (Å²) >= 11 is 0. The summed E-state index contributed by atoms with van der Waals surface area (Å²) in [6.45, 7) is 7.09. The van der Waals surface area contributed by atoms with Gasteiger partial charge in [0.05, 0.1) is 11.3 Å². The number of hydrogen-bond donors (Lipinski definition) is 1. The van der Waals surface area contributed by atoms with Crippen molar-refractivity contribution in [3.63, 3.8) is 0 Å². The molecule has 2 aromatic carbocycles. The van der Waals surface area contributed by atoms with Crippen molar-refractivity contribution in [1.82, 2.24) is 19.8 Å². The highest BCUT2D eigenvalue weighted by Crippen LogP contribution is 2.28. The molecule has 10 nitrogen and oxygen atoms in total. The van der Waals surface area contributed by atoms with E-state index in [1.54, 1.807) is 44.7 Å². The van der Waals surface area contributed by atoms with E-state index >= 15 is 0 Å². The second-order valence-electron chi connectivity index (χ2n) is 10.2. The number of nitrogens with zero attached hydrogens (tertiary/aromatic N) is 3. The van der Waals surface area contributed by atoms with E-state index in [1.165, 1.54) is 6.07 Å². The molecule has 1 aliphatic carbocycles. The van der Waals surface area contributed by atoms with Gasteiger partial charge in [-0.2, -0.15) is 9.71 Å². The quantitative estimate of drug-likeness (QED) is 0.397. The Morgan fingerprint density at radius 2 is 1.86 bits per heavy atom. The number of nitrogens with one attached hydrogen (secondary N) is 1. The van der Waals surface area contributed by atoms with Crippen LogP contribution in [-0.4, -0.2) is 59.6 Å². The standard InChI is InChI=1S/C26H32N4O6S/c1-17-27-23(28-36-17)13-14-30(20-10-11-20)25(32)22(16-24(31)35-26(2,3)4)29-37(33,34)21-12-9-18-7-5-6-8-19(18)15-21/h5-9,12,15,20,22,29H,10-11,13-14,16H2,1-4H3/t22-/m0/s1. The van der Waals surface area contributed by atoms with Crippen LogP contribution in [0.5, 0.6) is 0 Å². The lowest BCUT2D eigenvalue weighted by molar-refractivity contribution is -0.157. The van der Waals surface area contributed by atoms with Gasteiger partial charge in [-0.1, -0.05) is 35.5 Å². The molecule has 1 amide bonds. The maximum atomic E-state index is 13.7. The number of aromatic nitrogens is 2. The Balaban J connectivity index is 1.58. The third-order valence-electron chi connectivity index (χ3n) is 5.83. The molecule has 11 heteroatoms. The SMILES string of the molecule is Cc1nc(CCN(C(=O)[C@H](CC(=O)OC(C)(C)C)NS(=O)(=O)c2ccc3ccccc3c2)C2CC2)no1. The molecule has 0 unspecified atom stereocenters. The molecule has 1 saturated carbocycles. The minimum absolute atomic E-state index is 0.00781. The maximum Gasteiger partial charge on any atom is 0.308 e. The molecule has 0 aliphatic heterocycles. The van der Waals surface area contributed by atoms with Crippen LogP contribution in [0.25, 0.3) is 10.8 Å². The molecule has 1 aliphatic rings. The molecule has 0 bridgehead atoms. The highest BCUT2D eigenvalue weighted by molar-refractivity contribution is 7.89. The van der Waals surface area contributed by atoms with Gasteiger partial charge in [0.15, 0.2) is 5.82 Å². The Kier molecular flexibility index (Phi) is 7.65. The second kappa shape index (κ2) is 10.6. The average Bonchev–Trinajstić information content (AvgIpc) is 3.57. The van der Waals surface area contributed by atoms with Crippen LogP contribution in [0.2, 0.25) is 0 Å². The number of aryl methyl sites for hydroxylation is 1. The van der Waals surface area contributed by atoms with E-state index in [2.05, 4.69) is 14.9 Å². The first-order chi connectivity index (χ1) is 17.4. The van der Waals surface area contributed by atoms with Gasteiger partial charge in [-0.05, 0) is 56.5 Å². The fraction of sp³-hybridized carbons (Fsp3) is 0.462. The van der Waals surface area contributed by atoms with Crippen molar-refractivity contribution in [3.8, 4) is 0 Å². The Morgan fingerprint density at radius 3 is 2.49 bits per heavy atom. The highest BCUT2D eigenvalue weighted by Gasteiger charge is 2.39. The number of rotatable bonds is 10. The predicted molar refractivity (Wildman–Crippen MR) is 136 cm³/mol. The van der Waals surface area contributed by atoms with Crippen LogP contribution in [0, 0.1) is 6.92 Å². The number of ether oxygens (including phenoxy) is 1. The number of fused-ring (bicyclic) bond motifs is 1. The van der Waals surface area contributed by atoms with Crippen LogP contribution < -0.4 is 4.72 Å². The molecular weight excluding hydrogens is 496 g/mol. The molecule has 198 valence electrons. The first-order valence-corrected chi connectivity index (χ1v) is 13.7. The summed E-state index contributed by atoms with van der Waals surface area (Å²) in [7, 11) is -4.13. The molecule has 1 fully saturated rings. The van der Waals surface area contributed by atoms with Crippen LogP contribution in [0.3, 0.4) is 0 Å². The van der Waals surface area contributed by atoms with Crippen molar-refractivity contribution in [2.45, 2.75) is 76.0 Å². The minimum atomic E-state index is -4.13. The summed E-state index contributed by atoms with van der Waals surface area (Å²) in [6, 6.07) is 10.7. The van der Waals surface area contributed by atoms with E-state index in [0.29, 0.717) is 18.1 Å². The Labute approximate surface area is 216 Å². The summed E-state index contributed by atoms with van der Waals surface area (Å²) < 4.78 is 39.7. The number of amides is 1. The number of sulfonamides is 1. The van der Waals surface area contributed by atoms with Gasteiger partial charge in [0.1, 0.15) is 11.6 Å². The molecule has 1 aromatic heterocycles. The van der Waals surface area contributed by atoms with Gasteiger partial charge in [0.2, 0.25) is 21.8 Å². The molecule has 1 N–H and O–H groups in total. The van der Waals surface area contributed by atoms with Crippen molar-refractivity contribution in [1.29, 1.82) is 0 Å². The third-order valence-corrected chi connectivity index (χ3v) is 7.30. The smallest absolute Gasteiger partial charge is 0.308 e. The van der Waals surface area contributed by atoms with Gasteiger partial charge < -0.3 is 14.2 Å².